The van der Waals surface area contributed by atoms with Gasteiger partial charge in [-0.3, -0.25) is 4.79 Å². The van der Waals surface area contributed by atoms with Crippen molar-refractivity contribution < 1.29 is 24.2 Å². The highest BCUT2D eigenvalue weighted by molar-refractivity contribution is 7.98. The van der Waals surface area contributed by atoms with Crippen LogP contribution in [0.4, 0.5) is 9.59 Å². The van der Waals surface area contributed by atoms with Crippen molar-refractivity contribution >= 4 is 29.9 Å². The fourth-order valence-electron chi connectivity index (χ4n) is 3.77. The Labute approximate surface area is 194 Å². The van der Waals surface area contributed by atoms with Crippen LogP contribution in [0.3, 0.4) is 0 Å². The number of hydrogen-bond acceptors (Lipinski definition) is 5. The van der Waals surface area contributed by atoms with Crippen LogP contribution in [0.1, 0.15) is 45.6 Å². The van der Waals surface area contributed by atoms with Crippen molar-refractivity contribution in [2.75, 3.05) is 18.6 Å². The summed E-state index contributed by atoms with van der Waals surface area (Å²) in [5, 5.41) is 15.3. The first-order valence-corrected chi connectivity index (χ1v) is 12.3. The summed E-state index contributed by atoms with van der Waals surface area (Å²) in [7, 11) is 0. The van der Waals surface area contributed by atoms with Gasteiger partial charge >= 0.3 is 12.2 Å². The van der Waals surface area contributed by atoms with Crippen LogP contribution < -0.4 is 10.6 Å². The number of carboxylic acid groups (broad SMARTS) is 1. The third-order valence-corrected chi connectivity index (χ3v) is 5.88. The molecule has 1 aliphatic rings. The lowest BCUT2D eigenvalue weighted by Crippen LogP contribution is -2.56. The summed E-state index contributed by atoms with van der Waals surface area (Å²) >= 11 is 1.59. The van der Waals surface area contributed by atoms with Gasteiger partial charge in [-0.1, -0.05) is 30.3 Å². The van der Waals surface area contributed by atoms with E-state index in [2.05, 4.69) is 10.6 Å². The molecule has 178 valence electrons. The Kier molecular flexibility index (Phi) is 9.68. The lowest BCUT2D eigenvalue weighted by atomic mass is 9.92. The van der Waals surface area contributed by atoms with E-state index in [1.54, 1.807) is 32.5 Å². The average molecular weight is 466 g/mol. The van der Waals surface area contributed by atoms with Gasteiger partial charge in [0.25, 0.3) is 0 Å². The van der Waals surface area contributed by atoms with Gasteiger partial charge in [0, 0.05) is 18.6 Å². The standard InChI is InChI=1S/C23H35N3O5S/c1-23(2,3)31-21(28)25-19(11-13-32-4)20(27)24-17-10-12-26(22(29)30)18(15-17)14-16-8-6-5-7-9-16/h5-9,17-19H,10-15H2,1-4H3,(H,24,27)(H,25,28)(H,29,30)/t17?,18-,19?/m0/s1. The highest BCUT2D eigenvalue weighted by Crippen LogP contribution is 2.22. The van der Waals surface area contributed by atoms with E-state index in [0.29, 0.717) is 38.0 Å². The summed E-state index contributed by atoms with van der Waals surface area (Å²) in [5.74, 6) is 0.444. The number of rotatable bonds is 8. The van der Waals surface area contributed by atoms with Crippen molar-refractivity contribution in [1.29, 1.82) is 0 Å². The van der Waals surface area contributed by atoms with E-state index < -0.39 is 23.8 Å². The number of thioether (sulfide) groups is 1. The van der Waals surface area contributed by atoms with Gasteiger partial charge in [-0.25, -0.2) is 9.59 Å². The first kappa shape index (κ1) is 25.8. The minimum absolute atomic E-state index is 0.163. The summed E-state index contributed by atoms with van der Waals surface area (Å²) in [4.78, 5) is 38.4. The second-order valence-corrected chi connectivity index (χ2v) is 10.0. The number of benzene rings is 1. The molecular formula is C23H35N3O5S. The predicted molar refractivity (Wildman–Crippen MR) is 126 cm³/mol. The number of carbonyl (C=O) groups is 3. The fourth-order valence-corrected chi connectivity index (χ4v) is 4.24. The zero-order valence-electron chi connectivity index (χ0n) is 19.3. The Balaban J connectivity index is 2.02. The molecule has 1 fully saturated rings. The third kappa shape index (κ3) is 8.61. The largest absolute Gasteiger partial charge is 0.465 e. The predicted octanol–water partition coefficient (Wildman–Crippen LogP) is 3.50. The molecule has 2 unspecified atom stereocenters. The van der Waals surface area contributed by atoms with E-state index in [4.69, 9.17) is 4.74 Å². The van der Waals surface area contributed by atoms with Crippen LogP contribution in [-0.2, 0) is 16.0 Å². The number of nitrogens with zero attached hydrogens (tertiary/aromatic N) is 1. The molecule has 32 heavy (non-hydrogen) atoms. The molecule has 0 radical (unpaired) electrons. The summed E-state index contributed by atoms with van der Waals surface area (Å²) < 4.78 is 5.30. The number of carbonyl (C=O) groups excluding carboxylic acids is 2. The van der Waals surface area contributed by atoms with Gasteiger partial charge in [0.2, 0.25) is 5.91 Å². The molecular weight excluding hydrogens is 430 g/mol. The van der Waals surface area contributed by atoms with Gasteiger partial charge in [0.05, 0.1) is 0 Å². The topological polar surface area (TPSA) is 108 Å². The zero-order valence-corrected chi connectivity index (χ0v) is 20.1. The van der Waals surface area contributed by atoms with E-state index in [-0.39, 0.29) is 18.0 Å². The van der Waals surface area contributed by atoms with E-state index in [1.165, 1.54) is 4.90 Å². The Morgan fingerprint density at radius 2 is 1.94 bits per heavy atom. The Morgan fingerprint density at radius 1 is 1.25 bits per heavy atom. The lowest BCUT2D eigenvalue weighted by Gasteiger charge is -2.38. The maximum atomic E-state index is 13.0. The molecule has 0 bridgehead atoms. The van der Waals surface area contributed by atoms with Crippen LogP contribution in [-0.4, -0.2) is 70.4 Å². The molecule has 1 aromatic rings. The number of likely N-dealkylation sites (tertiary alicyclic amines) is 1. The molecule has 3 atom stereocenters. The van der Waals surface area contributed by atoms with Gasteiger partial charge in [0.1, 0.15) is 11.6 Å². The number of amides is 3. The van der Waals surface area contributed by atoms with Crippen molar-refractivity contribution in [2.24, 2.45) is 0 Å². The van der Waals surface area contributed by atoms with Gasteiger partial charge in [-0.15, -0.1) is 0 Å². The van der Waals surface area contributed by atoms with Gasteiger partial charge < -0.3 is 25.4 Å². The third-order valence-electron chi connectivity index (χ3n) is 5.24. The van der Waals surface area contributed by atoms with Crippen LogP contribution in [0, 0.1) is 0 Å². The maximum Gasteiger partial charge on any atom is 0.408 e. The Morgan fingerprint density at radius 3 is 2.53 bits per heavy atom. The summed E-state index contributed by atoms with van der Waals surface area (Å²) in [6.45, 7) is 5.67. The van der Waals surface area contributed by atoms with Gasteiger partial charge in [-0.2, -0.15) is 11.8 Å². The zero-order chi connectivity index (χ0) is 23.7. The molecule has 3 amide bonds. The van der Waals surface area contributed by atoms with E-state index >= 15 is 0 Å². The SMILES string of the molecule is CSCCC(NC(=O)OC(C)(C)C)C(=O)NC1CCN(C(=O)O)[C@@H](Cc2ccccc2)C1. The van der Waals surface area contributed by atoms with E-state index in [1.807, 2.05) is 36.6 Å². The van der Waals surface area contributed by atoms with Crippen LogP contribution in [0.2, 0.25) is 0 Å². The molecule has 0 saturated carbocycles. The number of hydrogen-bond donors (Lipinski definition) is 3. The summed E-state index contributed by atoms with van der Waals surface area (Å²) in [6.07, 6.45) is 2.50. The highest BCUT2D eigenvalue weighted by atomic mass is 32.2. The van der Waals surface area contributed by atoms with Crippen molar-refractivity contribution in [3.05, 3.63) is 35.9 Å². The first-order chi connectivity index (χ1) is 15.1. The molecule has 3 N–H and O–H groups in total. The number of nitrogens with one attached hydrogen (secondary N) is 2. The van der Waals surface area contributed by atoms with Crippen molar-refractivity contribution in [1.82, 2.24) is 15.5 Å². The smallest absolute Gasteiger partial charge is 0.408 e. The normalized spacial score (nSPS) is 19.7. The Hall–Kier alpha value is -2.42. The van der Waals surface area contributed by atoms with Crippen LogP contribution in [0.25, 0.3) is 0 Å². The molecule has 2 rings (SSSR count). The van der Waals surface area contributed by atoms with Crippen molar-refractivity contribution in [2.45, 2.75) is 70.2 Å². The minimum atomic E-state index is -0.944. The summed E-state index contributed by atoms with van der Waals surface area (Å²) in [5.41, 5.74) is 0.402. The van der Waals surface area contributed by atoms with Crippen LogP contribution in [0.5, 0.6) is 0 Å². The van der Waals surface area contributed by atoms with Crippen LogP contribution in [0.15, 0.2) is 30.3 Å². The number of piperidine rings is 1. The molecule has 0 spiro atoms. The number of alkyl carbamates (subject to hydrolysis) is 1. The molecule has 0 aromatic heterocycles. The molecule has 1 saturated heterocycles. The van der Waals surface area contributed by atoms with E-state index in [0.717, 1.165) is 5.56 Å². The van der Waals surface area contributed by atoms with E-state index in [9.17, 15) is 19.5 Å². The van der Waals surface area contributed by atoms with Gasteiger partial charge in [-0.05, 0) is 64.0 Å². The van der Waals surface area contributed by atoms with Gasteiger partial charge in [0.15, 0.2) is 0 Å². The summed E-state index contributed by atoms with van der Waals surface area (Å²) in [6, 6.07) is 8.65. The molecule has 1 aliphatic heterocycles. The highest BCUT2D eigenvalue weighted by Gasteiger charge is 2.33. The molecule has 1 aromatic carbocycles. The molecule has 9 heteroatoms. The minimum Gasteiger partial charge on any atom is -0.465 e. The van der Waals surface area contributed by atoms with Crippen molar-refractivity contribution in [3.8, 4) is 0 Å². The monoisotopic (exact) mass is 465 g/mol. The lowest BCUT2D eigenvalue weighted by molar-refractivity contribution is -0.124. The first-order valence-electron chi connectivity index (χ1n) is 10.9. The quantitative estimate of drug-likeness (QED) is 0.542. The van der Waals surface area contributed by atoms with Crippen LogP contribution >= 0.6 is 11.8 Å². The Bertz CT molecular complexity index is 769. The molecule has 8 nitrogen and oxygen atoms in total. The molecule has 1 heterocycles. The van der Waals surface area contributed by atoms with Crippen molar-refractivity contribution in [3.63, 3.8) is 0 Å². The maximum absolute atomic E-state index is 13.0. The second-order valence-electron chi connectivity index (χ2n) is 9.03. The second kappa shape index (κ2) is 12.0. The fraction of sp³-hybridized carbons (Fsp3) is 0.609. The number of ether oxygens (including phenoxy) is 1. The molecule has 0 aliphatic carbocycles. The average Bonchev–Trinajstić information content (AvgIpc) is 2.70.